The summed E-state index contributed by atoms with van der Waals surface area (Å²) in [5.74, 6) is 0. The summed E-state index contributed by atoms with van der Waals surface area (Å²) in [7, 11) is -2.53. The van der Waals surface area contributed by atoms with Crippen LogP contribution in [0.3, 0.4) is 0 Å². The molecule has 0 aromatic heterocycles. The van der Waals surface area contributed by atoms with Gasteiger partial charge in [0.2, 0.25) is 0 Å². The van der Waals surface area contributed by atoms with Gasteiger partial charge in [-0.3, -0.25) is 0 Å². The maximum absolute atomic E-state index is 10.3. The minimum absolute atomic E-state index is 0.389. The average Bonchev–Trinajstić information content (AvgIpc) is 2.03. The van der Waals surface area contributed by atoms with Gasteiger partial charge in [0, 0.05) is 33.9 Å². The van der Waals surface area contributed by atoms with Gasteiger partial charge in [-0.15, -0.1) is 0 Å². The molecule has 0 aliphatic heterocycles. The molecule has 0 aliphatic carbocycles. The van der Waals surface area contributed by atoms with E-state index in [-0.39, 0.29) is 7.26 Å². The van der Waals surface area contributed by atoms with Crippen molar-refractivity contribution in [3.63, 3.8) is 0 Å². The van der Waals surface area contributed by atoms with Crippen molar-refractivity contribution in [1.82, 2.24) is 0 Å². The predicted molar refractivity (Wildman–Crippen MR) is 65.8 cm³/mol. The lowest BCUT2D eigenvalue weighted by atomic mass is 10.4. The van der Waals surface area contributed by atoms with Crippen molar-refractivity contribution in [2.75, 3.05) is 26.7 Å². The summed E-state index contributed by atoms with van der Waals surface area (Å²) in [4.78, 5) is 18.9. The Hall–Kier alpha value is 0. The average molecular weight is 232 g/mol. The number of rotatable bonds is 1. The Morgan fingerprint density at radius 3 is 1.64 bits per heavy atom. The number of hydrogen-bond donors (Lipinski definition) is 1. The molecule has 0 saturated heterocycles. The van der Waals surface area contributed by atoms with Crippen LogP contribution in [-0.4, -0.2) is 31.6 Å². The zero-order valence-electron chi connectivity index (χ0n) is 9.14. The van der Waals surface area contributed by atoms with E-state index in [9.17, 15) is 4.89 Å². The van der Waals surface area contributed by atoms with Crippen molar-refractivity contribution in [1.29, 1.82) is 0 Å². The first-order valence-electron chi connectivity index (χ1n) is 4.31. The van der Waals surface area contributed by atoms with E-state index in [1.807, 2.05) is 6.07 Å². The molecule has 0 bridgehead atoms. The topological polar surface area (TPSA) is 43.3 Å². The summed E-state index contributed by atoms with van der Waals surface area (Å²) in [5.41, 5.74) is 0. The first-order valence-corrected chi connectivity index (χ1v) is 9.10. The van der Waals surface area contributed by atoms with Crippen LogP contribution in [0.2, 0.25) is 0 Å². The molecule has 0 aliphatic rings. The Morgan fingerprint density at radius 1 is 1.07 bits per heavy atom. The molecule has 0 spiro atoms. The second kappa shape index (κ2) is 6.48. The lowest BCUT2D eigenvalue weighted by Crippen LogP contribution is -2.07. The van der Waals surface area contributed by atoms with E-state index in [2.05, 4.69) is 26.7 Å². The first-order chi connectivity index (χ1) is 6.30. The normalized spacial score (nSPS) is 12.7. The summed E-state index contributed by atoms with van der Waals surface area (Å²) in [5, 5.41) is 0.479. The molecule has 1 rings (SSSR count). The molecular weight excluding hydrogens is 214 g/mol. The van der Waals surface area contributed by atoms with Crippen LogP contribution in [0.1, 0.15) is 0 Å². The van der Waals surface area contributed by atoms with Gasteiger partial charge in [-0.1, -0.05) is 30.3 Å². The zero-order chi connectivity index (χ0) is 11.2. The lowest BCUT2D eigenvalue weighted by Gasteiger charge is -2.13. The molecule has 0 heterocycles. The van der Waals surface area contributed by atoms with Gasteiger partial charge >= 0.3 is 0 Å². The summed E-state index contributed by atoms with van der Waals surface area (Å²) in [6.07, 6.45) is 0. The second-order valence-electron chi connectivity index (χ2n) is 4.29. The minimum atomic E-state index is -2.15. The molecule has 0 amide bonds. The van der Waals surface area contributed by atoms with Crippen molar-refractivity contribution in [2.24, 2.45) is 0 Å². The van der Waals surface area contributed by atoms with Gasteiger partial charge in [0.05, 0.1) is 0 Å². The molecule has 1 N–H and O–H groups in total. The van der Waals surface area contributed by atoms with Crippen molar-refractivity contribution in [3.05, 3.63) is 30.3 Å². The van der Waals surface area contributed by atoms with Gasteiger partial charge in [-0.2, -0.15) is 0 Å². The Labute approximate surface area is 88.2 Å². The van der Waals surface area contributed by atoms with Gasteiger partial charge in [-0.25, -0.2) is 0 Å². The van der Waals surface area contributed by atoms with Gasteiger partial charge < -0.3 is 9.79 Å². The standard InChI is InChI=1S/C6H6O2P.C4H12P/c7-9(8)6-4-2-1-3-5-6;1-5(2,3)4/h1-5,7H;1-4H3/q-1;+1. The van der Waals surface area contributed by atoms with E-state index in [0.29, 0.717) is 5.30 Å². The van der Waals surface area contributed by atoms with E-state index >= 15 is 0 Å². The molecule has 0 fully saturated rings. The molecule has 1 atom stereocenters. The SMILES string of the molecule is C[P+](C)(C)C.[O-]P(O)c1ccccc1. The van der Waals surface area contributed by atoms with Crippen LogP contribution in [0.4, 0.5) is 0 Å². The molecule has 2 nitrogen and oxygen atoms in total. The van der Waals surface area contributed by atoms with E-state index in [0.717, 1.165) is 0 Å². The zero-order valence-corrected chi connectivity index (χ0v) is 10.9. The minimum Gasteiger partial charge on any atom is -0.805 e. The molecule has 0 saturated carbocycles. The molecule has 14 heavy (non-hydrogen) atoms. The van der Waals surface area contributed by atoms with Crippen LogP contribution >= 0.6 is 15.6 Å². The first kappa shape index (κ1) is 14.0. The monoisotopic (exact) mass is 232 g/mol. The highest BCUT2D eigenvalue weighted by Crippen LogP contribution is 2.40. The van der Waals surface area contributed by atoms with Crippen LogP contribution < -0.4 is 10.2 Å². The van der Waals surface area contributed by atoms with Gasteiger partial charge in [0.1, 0.15) is 0 Å². The summed E-state index contributed by atoms with van der Waals surface area (Å²) in [6.45, 7) is 9.19. The predicted octanol–water partition coefficient (Wildman–Crippen LogP) is 1.50. The smallest absolute Gasteiger partial charge is 0.0481 e. The third-order valence-electron chi connectivity index (χ3n) is 0.977. The Balaban J connectivity index is 0.000000292. The van der Waals surface area contributed by atoms with Gasteiger partial charge in [0.15, 0.2) is 0 Å². The molecule has 1 unspecified atom stereocenters. The maximum Gasteiger partial charge on any atom is 0.0481 e. The Morgan fingerprint density at radius 2 is 1.43 bits per heavy atom. The van der Waals surface area contributed by atoms with Crippen molar-refractivity contribution >= 4 is 20.9 Å². The van der Waals surface area contributed by atoms with Crippen LogP contribution in [-0.2, 0) is 0 Å². The van der Waals surface area contributed by atoms with E-state index in [1.54, 1.807) is 24.3 Å². The Bertz CT molecular complexity index is 236. The fourth-order valence-corrected chi connectivity index (χ4v) is 0.983. The van der Waals surface area contributed by atoms with Crippen LogP contribution in [0.15, 0.2) is 30.3 Å². The van der Waals surface area contributed by atoms with Crippen molar-refractivity contribution in [2.45, 2.75) is 0 Å². The fraction of sp³-hybridized carbons (Fsp3) is 0.400. The highest BCUT2D eigenvalue weighted by atomic mass is 31.2. The third kappa shape index (κ3) is 10.1. The van der Waals surface area contributed by atoms with Crippen LogP contribution in [0.25, 0.3) is 0 Å². The van der Waals surface area contributed by atoms with Crippen molar-refractivity contribution < 1.29 is 9.79 Å². The second-order valence-corrected chi connectivity index (χ2v) is 10.7. The number of hydrogen-bond acceptors (Lipinski definition) is 2. The highest BCUT2D eigenvalue weighted by molar-refractivity contribution is 7.73. The molecular formula is C10H18O2P2. The summed E-state index contributed by atoms with van der Waals surface area (Å²) < 4.78 is 0. The highest BCUT2D eigenvalue weighted by Gasteiger charge is 2.03. The van der Waals surface area contributed by atoms with Crippen molar-refractivity contribution in [3.8, 4) is 0 Å². The molecule has 1 aromatic carbocycles. The molecule has 1 aromatic rings. The lowest BCUT2D eigenvalue weighted by molar-refractivity contribution is -0.171. The third-order valence-corrected chi connectivity index (χ3v) is 1.72. The van der Waals surface area contributed by atoms with E-state index < -0.39 is 8.38 Å². The van der Waals surface area contributed by atoms with Crippen LogP contribution in [0, 0.1) is 0 Å². The molecule has 4 heteroatoms. The van der Waals surface area contributed by atoms with Crippen LogP contribution in [0.5, 0.6) is 0 Å². The molecule has 80 valence electrons. The molecule has 0 radical (unpaired) electrons. The van der Waals surface area contributed by atoms with E-state index in [1.165, 1.54) is 0 Å². The maximum atomic E-state index is 10.3. The van der Waals surface area contributed by atoms with Gasteiger partial charge in [-0.05, 0) is 13.7 Å². The number of benzene rings is 1. The fourth-order valence-electron chi connectivity index (χ4n) is 0.556. The Kier molecular flexibility index (Phi) is 6.48. The largest absolute Gasteiger partial charge is 0.805 e. The van der Waals surface area contributed by atoms with E-state index in [4.69, 9.17) is 4.89 Å². The van der Waals surface area contributed by atoms with Gasteiger partial charge in [0.25, 0.3) is 0 Å². The quantitative estimate of drug-likeness (QED) is 0.745. The summed E-state index contributed by atoms with van der Waals surface area (Å²) >= 11 is 0. The summed E-state index contributed by atoms with van der Waals surface area (Å²) in [6, 6.07) is 8.53.